The molecule has 1 saturated carbocycles. The third kappa shape index (κ3) is 1.16. The van der Waals surface area contributed by atoms with Gasteiger partial charge in [0.05, 0.1) is 0 Å². The second kappa shape index (κ2) is 3.35. The number of hydrogen-bond donors (Lipinski definition) is 1. The van der Waals surface area contributed by atoms with E-state index in [2.05, 4.69) is 40.7 Å². The summed E-state index contributed by atoms with van der Waals surface area (Å²) in [5.74, 6) is 0.338. The third-order valence-electron chi connectivity index (χ3n) is 5.86. The van der Waals surface area contributed by atoms with Crippen molar-refractivity contribution in [2.24, 2.45) is 22.2 Å². The minimum absolute atomic E-state index is 0.200. The van der Waals surface area contributed by atoms with Gasteiger partial charge in [-0.3, -0.25) is 0 Å². The van der Waals surface area contributed by atoms with E-state index in [1.54, 1.807) is 0 Å². The Morgan fingerprint density at radius 2 is 1.88 bits per heavy atom. The highest BCUT2D eigenvalue weighted by Crippen LogP contribution is 2.70. The number of aliphatic hydroxyl groups is 1. The Morgan fingerprint density at radius 1 is 1.25 bits per heavy atom. The Morgan fingerprint density at radius 3 is 2.25 bits per heavy atom. The fourth-order valence-corrected chi connectivity index (χ4v) is 5.03. The highest BCUT2D eigenvalue weighted by molar-refractivity contribution is 5.32. The van der Waals surface area contributed by atoms with Crippen LogP contribution in [0.1, 0.15) is 53.9 Å². The van der Waals surface area contributed by atoms with Crippen molar-refractivity contribution in [3.8, 4) is 0 Å². The summed E-state index contributed by atoms with van der Waals surface area (Å²) in [7, 11) is 0. The fraction of sp³-hybridized carbons (Fsp3) is 0.867. The summed E-state index contributed by atoms with van der Waals surface area (Å²) in [5, 5.41) is 9.59. The van der Waals surface area contributed by atoms with Gasteiger partial charge in [0, 0.05) is 17.9 Å². The highest BCUT2D eigenvalue weighted by Gasteiger charge is 2.62. The summed E-state index contributed by atoms with van der Waals surface area (Å²) < 4.78 is 0. The molecule has 0 aliphatic heterocycles. The second-order valence-corrected chi connectivity index (χ2v) is 7.00. The smallest absolute Gasteiger partial charge is 0.0499 e. The average Bonchev–Trinajstić information content (AvgIpc) is 2.58. The van der Waals surface area contributed by atoms with Gasteiger partial charge in [0.1, 0.15) is 0 Å². The van der Waals surface area contributed by atoms with Gasteiger partial charge in [-0.1, -0.05) is 45.8 Å². The van der Waals surface area contributed by atoms with Gasteiger partial charge in [-0.2, -0.15) is 0 Å². The van der Waals surface area contributed by atoms with Gasteiger partial charge >= 0.3 is 0 Å². The monoisotopic (exact) mass is 222 g/mol. The van der Waals surface area contributed by atoms with Crippen molar-refractivity contribution in [2.75, 3.05) is 6.61 Å². The van der Waals surface area contributed by atoms with Crippen LogP contribution in [0.5, 0.6) is 0 Å². The largest absolute Gasteiger partial charge is 0.396 e. The molecule has 1 fully saturated rings. The maximum absolute atomic E-state index is 9.59. The molecule has 1 spiro atoms. The molecule has 0 radical (unpaired) electrons. The first-order valence-electron chi connectivity index (χ1n) is 6.59. The molecule has 0 saturated heterocycles. The lowest BCUT2D eigenvalue weighted by atomic mass is 9.52. The topological polar surface area (TPSA) is 20.2 Å². The Balaban J connectivity index is 2.53. The van der Waals surface area contributed by atoms with Crippen LogP contribution in [-0.2, 0) is 0 Å². The zero-order valence-corrected chi connectivity index (χ0v) is 11.4. The molecular formula is C15H26O. The van der Waals surface area contributed by atoms with Crippen molar-refractivity contribution in [3.63, 3.8) is 0 Å². The molecule has 92 valence electrons. The van der Waals surface area contributed by atoms with Gasteiger partial charge in [0.25, 0.3) is 0 Å². The summed E-state index contributed by atoms with van der Waals surface area (Å²) in [6.07, 6.45) is 6.29. The molecule has 0 bridgehead atoms. The first-order valence-corrected chi connectivity index (χ1v) is 6.59. The molecule has 1 N–H and O–H groups in total. The zero-order chi connectivity index (χ0) is 12.2. The zero-order valence-electron chi connectivity index (χ0n) is 11.4. The molecule has 2 atom stereocenters. The van der Waals surface area contributed by atoms with E-state index in [0.29, 0.717) is 23.4 Å². The molecule has 1 heteroatoms. The molecule has 16 heavy (non-hydrogen) atoms. The average molecular weight is 222 g/mol. The minimum Gasteiger partial charge on any atom is -0.396 e. The van der Waals surface area contributed by atoms with Gasteiger partial charge in [-0.05, 0) is 30.6 Å². The number of hydrogen-bond acceptors (Lipinski definition) is 1. The first kappa shape index (κ1) is 12.2. The van der Waals surface area contributed by atoms with Crippen molar-refractivity contribution >= 4 is 0 Å². The maximum atomic E-state index is 9.59. The van der Waals surface area contributed by atoms with E-state index in [4.69, 9.17) is 0 Å². The van der Waals surface area contributed by atoms with Crippen LogP contribution in [0.4, 0.5) is 0 Å². The van der Waals surface area contributed by atoms with Gasteiger partial charge in [0.15, 0.2) is 0 Å². The van der Waals surface area contributed by atoms with Crippen LogP contribution in [0.2, 0.25) is 0 Å². The normalized spacial score (nSPS) is 40.4. The van der Waals surface area contributed by atoms with E-state index in [-0.39, 0.29) is 5.41 Å². The second-order valence-electron chi connectivity index (χ2n) is 7.00. The standard InChI is InChI=1S/C15H26O/c1-11-9-12(10-16)14(4,5)15(11)8-6-7-13(15,2)3/h9,12,16H,6-8,10H2,1-5H3. The Bertz CT molecular complexity index is 324. The van der Waals surface area contributed by atoms with Crippen LogP contribution >= 0.6 is 0 Å². The van der Waals surface area contributed by atoms with Crippen LogP contribution in [0.3, 0.4) is 0 Å². The van der Waals surface area contributed by atoms with Crippen molar-refractivity contribution in [1.82, 2.24) is 0 Å². The molecule has 2 unspecified atom stereocenters. The Labute approximate surface area is 99.9 Å². The summed E-state index contributed by atoms with van der Waals surface area (Å²) in [4.78, 5) is 0. The van der Waals surface area contributed by atoms with Gasteiger partial charge in [-0.25, -0.2) is 0 Å². The molecule has 0 aromatic rings. The van der Waals surface area contributed by atoms with E-state index in [1.165, 1.54) is 24.8 Å². The maximum Gasteiger partial charge on any atom is 0.0499 e. The van der Waals surface area contributed by atoms with Crippen LogP contribution < -0.4 is 0 Å². The molecular weight excluding hydrogens is 196 g/mol. The van der Waals surface area contributed by atoms with Crippen molar-refractivity contribution in [2.45, 2.75) is 53.9 Å². The van der Waals surface area contributed by atoms with Crippen molar-refractivity contribution < 1.29 is 5.11 Å². The molecule has 2 aliphatic carbocycles. The van der Waals surface area contributed by atoms with Gasteiger partial charge in [-0.15, -0.1) is 0 Å². The van der Waals surface area contributed by atoms with Crippen LogP contribution in [-0.4, -0.2) is 11.7 Å². The minimum atomic E-state index is 0.200. The summed E-state index contributed by atoms with van der Waals surface area (Å²) in [6.45, 7) is 12.1. The van der Waals surface area contributed by atoms with Crippen molar-refractivity contribution in [1.29, 1.82) is 0 Å². The lowest BCUT2D eigenvalue weighted by molar-refractivity contribution is -0.0147. The van der Waals surface area contributed by atoms with E-state index in [0.717, 1.165) is 0 Å². The van der Waals surface area contributed by atoms with E-state index in [1.807, 2.05) is 0 Å². The van der Waals surface area contributed by atoms with Crippen LogP contribution in [0.25, 0.3) is 0 Å². The van der Waals surface area contributed by atoms with E-state index < -0.39 is 0 Å². The lowest BCUT2D eigenvalue weighted by Crippen LogP contribution is -2.46. The molecule has 0 heterocycles. The summed E-state index contributed by atoms with van der Waals surface area (Å²) in [6, 6.07) is 0. The van der Waals surface area contributed by atoms with Crippen LogP contribution in [0, 0.1) is 22.2 Å². The summed E-state index contributed by atoms with van der Waals surface area (Å²) >= 11 is 0. The van der Waals surface area contributed by atoms with Gasteiger partial charge < -0.3 is 5.11 Å². The van der Waals surface area contributed by atoms with Crippen LogP contribution in [0.15, 0.2) is 11.6 Å². The Kier molecular flexibility index (Phi) is 2.55. The number of rotatable bonds is 1. The Hall–Kier alpha value is -0.300. The van der Waals surface area contributed by atoms with Gasteiger partial charge in [0.2, 0.25) is 0 Å². The first-order chi connectivity index (χ1) is 7.29. The SMILES string of the molecule is CC1=CC(CO)C(C)(C)C12CCCC2(C)C. The molecule has 2 aliphatic rings. The predicted molar refractivity (Wildman–Crippen MR) is 68.2 cm³/mol. The molecule has 1 nitrogen and oxygen atoms in total. The number of allylic oxidation sites excluding steroid dienone is 1. The highest BCUT2D eigenvalue weighted by atomic mass is 16.3. The lowest BCUT2D eigenvalue weighted by Gasteiger charge is -2.52. The van der Waals surface area contributed by atoms with E-state index >= 15 is 0 Å². The van der Waals surface area contributed by atoms with E-state index in [9.17, 15) is 5.11 Å². The predicted octanol–water partition coefficient (Wildman–Crippen LogP) is 3.78. The molecule has 0 aromatic carbocycles. The fourth-order valence-electron chi connectivity index (χ4n) is 5.03. The third-order valence-corrected chi connectivity index (χ3v) is 5.86. The number of aliphatic hydroxyl groups excluding tert-OH is 1. The molecule has 2 rings (SSSR count). The summed E-state index contributed by atoms with van der Waals surface area (Å²) in [5.41, 5.74) is 2.42. The molecule has 0 aromatic heterocycles. The van der Waals surface area contributed by atoms with Crippen molar-refractivity contribution in [3.05, 3.63) is 11.6 Å². The molecule has 0 amide bonds. The quantitative estimate of drug-likeness (QED) is 0.669.